The van der Waals surface area contributed by atoms with E-state index >= 15 is 0 Å². The van der Waals surface area contributed by atoms with E-state index in [0.29, 0.717) is 13.2 Å². The SMILES string of the molecule is CCOC(OCC)[C@@H](N)c1ccc(Br)cc1. The summed E-state index contributed by atoms with van der Waals surface area (Å²) < 4.78 is 12.0. The number of ether oxygens (including phenoxy) is 2. The molecule has 1 aromatic rings. The quantitative estimate of drug-likeness (QED) is 0.819. The lowest BCUT2D eigenvalue weighted by molar-refractivity contribution is -0.149. The van der Waals surface area contributed by atoms with Crippen molar-refractivity contribution in [2.24, 2.45) is 5.73 Å². The highest BCUT2D eigenvalue weighted by molar-refractivity contribution is 9.10. The molecule has 1 rings (SSSR count). The van der Waals surface area contributed by atoms with Crippen molar-refractivity contribution in [3.8, 4) is 0 Å². The molecule has 0 aliphatic heterocycles. The fraction of sp³-hybridized carbons (Fsp3) is 0.500. The molecule has 2 N–H and O–H groups in total. The van der Waals surface area contributed by atoms with Crippen LogP contribution in [0.3, 0.4) is 0 Å². The summed E-state index contributed by atoms with van der Waals surface area (Å²) in [5, 5.41) is 0. The zero-order valence-corrected chi connectivity index (χ0v) is 11.2. The van der Waals surface area contributed by atoms with Gasteiger partial charge in [0.1, 0.15) is 0 Å². The van der Waals surface area contributed by atoms with Crippen LogP contribution in [0, 0.1) is 0 Å². The van der Waals surface area contributed by atoms with Crippen LogP contribution in [-0.2, 0) is 9.47 Å². The minimum absolute atomic E-state index is 0.256. The second-order valence-corrected chi connectivity index (χ2v) is 4.27. The first kappa shape index (κ1) is 13.6. The molecule has 0 heterocycles. The zero-order valence-electron chi connectivity index (χ0n) is 9.65. The van der Waals surface area contributed by atoms with Crippen molar-refractivity contribution in [3.05, 3.63) is 34.3 Å². The highest BCUT2D eigenvalue weighted by atomic mass is 79.9. The smallest absolute Gasteiger partial charge is 0.176 e. The van der Waals surface area contributed by atoms with Crippen LogP contribution >= 0.6 is 15.9 Å². The summed E-state index contributed by atoms with van der Waals surface area (Å²) in [7, 11) is 0. The summed E-state index contributed by atoms with van der Waals surface area (Å²) in [6, 6.07) is 7.61. The Labute approximate surface area is 105 Å². The Morgan fingerprint density at radius 2 is 1.62 bits per heavy atom. The monoisotopic (exact) mass is 287 g/mol. The third kappa shape index (κ3) is 3.87. The lowest BCUT2D eigenvalue weighted by atomic mass is 10.1. The number of halogens is 1. The largest absolute Gasteiger partial charge is 0.351 e. The lowest BCUT2D eigenvalue weighted by Gasteiger charge is -2.23. The van der Waals surface area contributed by atoms with Gasteiger partial charge < -0.3 is 15.2 Å². The first-order valence-corrected chi connectivity index (χ1v) is 6.22. The van der Waals surface area contributed by atoms with Crippen LogP contribution in [-0.4, -0.2) is 19.5 Å². The number of hydrogen-bond donors (Lipinski definition) is 1. The van der Waals surface area contributed by atoms with Crippen molar-refractivity contribution in [3.63, 3.8) is 0 Å². The van der Waals surface area contributed by atoms with E-state index in [2.05, 4.69) is 15.9 Å². The van der Waals surface area contributed by atoms with E-state index in [4.69, 9.17) is 15.2 Å². The van der Waals surface area contributed by atoms with Gasteiger partial charge in [-0.2, -0.15) is 0 Å². The summed E-state index contributed by atoms with van der Waals surface area (Å²) >= 11 is 3.39. The summed E-state index contributed by atoms with van der Waals surface area (Å²) in [6.45, 7) is 5.05. The molecule has 4 heteroatoms. The van der Waals surface area contributed by atoms with E-state index in [1.165, 1.54) is 0 Å². The third-order valence-corrected chi connectivity index (χ3v) is 2.74. The minimum Gasteiger partial charge on any atom is -0.351 e. The van der Waals surface area contributed by atoms with Crippen molar-refractivity contribution in [2.45, 2.75) is 26.2 Å². The van der Waals surface area contributed by atoms with Gasteiger partial charge in [0.2, 0.25) is 0 Å². The van der Waals surface area contributed by atoms with Crippen molar-refractivity contribution in [1.82, 2.24) is 0 Å². The van der Waals surface area contributed by atoms with Gasteiger partial charge in [-0.3, -0.25) is 0 Å². The van der Waals surface area contributed by atoms with E-state index in [9.17, 15) is 0 Å². The van der Waals surface area contributed by atoms with Crippen LogP contribution in [0.4, 0.5) is 0 Å². The van der Waals surface area contributed by atoms with E-state index < -0.39 is 0 Å². The van der Waals surface area contributed by atoms with Crippen LogP contribution in [0.2, 0.25) is 0 Å². The molecule has 0 unspecified atom stereocenters. The first-order chi connectivity index (χ1) is 7.69. The molecule has 0 spiro atoms. The van der Waals surface area contributed by atoms with E-state index in [1.54, 1.807) is 0 Å². The topological polar surface area (TPSA) is 44.5 Å². The van der Waals surface area contributed by atoms with Gasteiger partial charge in [0.15, 0.2) is 6.29 Å². The summed E-state index contributed by atoms with van der Waals surface area (Å²) in [4.78, 5) is 0. The Bertz CT molecular complexity index is 296. The average molecular weight is 288 g/mol. The molecular formula is C12H18BrNO2. The fourth-order valence-corrected chi connectivity index (χ4v) is 1.69. The van der Waals surface area contributed by atoms with Gasteiger partial charge in [-0.15, -0.1) is 0 Å². The van der Waals surface area contributed by atoms with Crippen LogP contribution < -0.4 is 5.73 Å². The average Bonchev–Trinajstić information content (AvgIpc) is 2.29. The van der Waals surface area contributed by atoms with Crippen LogP contribution in [0.15, 0.2) is 28.7 Å². The molecule has 90 valence electrons. The Hall–Kier alpha value is -0.420. The Morgan fingerprint density at radius 1 is 1.12 bits per heavy atom. The molecule has 0 aliphatic rings. The molecular weight excluding hydrogens is 270 g/mol. The van der Waals surface area contributed by atoms with E-state index in [-0.39, 0.29) is 12.3 Å². The standard InChI is InChI=1S/C12H18BrNO2/c1-3-15-12(16-4-2)11(14)9-5-7-10(13)8-6-9/h5-8,11-12H,3-4,14H2,1-2H3/t11-/m0/s1. The molecule has 3 nitrogen and oxygen atoms in total. The summed E-state index contributed by atoms with van der Waals surface area (Å²) in [5.74, 6) is 0. The van der Waals surface area contributed by atoms with Gasteiger partial charge in [0.05, 0.1) is 6.04 Å². The molecule has 0 aromatic heterocycles. The van der Waals surface area contributed by atoms with Crippen molar-refractivity contribution >= 4 is 15.9 Å². The first-order valence-electron chi connectivity index (χ1n) is 5.43. The van der Waals surface area contributed by atoms with Gasteiger partial charge in [0, 0.05) is 17.7 Å². The third-order valence-electron chi connectivity index (χ3n) is 2.21. The molecule has 0 radical (unpaired) electrons. The number of nitrogens with two attached hydrogens (primary N) is 1. The Kier molecular flexibility index (Phi) is 5.98. The molecule has 16 heavy (non-hydrogen) atoms. The Balaban J connectivity index is 2.72. The maximum atomic E-state index is 6.10. The molecule has 0 saturated carbocycles. The van der Waals surface area contributed by atoms with Crippen LogP contribution in [0.5, 0.6) is 0 Å². The van der Waals surface area contributed by atoms with Crippen LogP contribution in [0.25, 0.3) is 0 Å². The van der Waals surface area contributed by atoms with Crippen LogP contribution in [0.1, 0.15) is 25.5 Å². The lowest BCUT2D eigenvalue weighted by Crippen LogP contribution is -2.31. The van der Waals surface area contributed by atoms with Crippen molar-refractivity contribution < 1.29 is 9.47 Å². The predicted molar refractivity (Wildman–Crippen MR) is 68.1 cm³/mol. The van der Waals surface area contributed by atoms with Gasteiger partial charge >= 0.3 is 0 Å². The molecule has 1 aromatic carbocycles. The minimum atomic E-state index is -0.379. The van der Waals surface area contributed by atoms with Gasteiger partial charge in [-0.25, -0.2) is 0 Å². The van der Waals surface area contributed by atoms with E-state index in [1.807, 2.05) is 38.1 Å². The maximum absolute atomic E-state index is 6.10. The van der Waals surface area contributed by atoms with Gasteiger partial charge in [0.25, 0.3) is 0 Å². The normalized spacial score (nSPS) is 13.1. The summed E-state index contributed by atoms with van der Waals surface area (Å²) in [5.41, 5.74) is 7.11. The molecule has 0 aliphatic carbocycles. The molecule has 0 bridgehead atoms. The number of rotatable bonds is 6. The maximum Gasteiger partial charge on any atom is 0.176 e. The summed E-state index contributed by atoms with van der Waals surface area (Å²) in [6.07, 6.45) is -0.379. The fourth-order valence-electron chi connectivity index (χ4n) is 1.43. The van der Waals surface area contributed by atoms with Crippen molar-refractivity contribution in [2.75, 3.05) is 13.2 Å². The van der Waals surface area contributed by atoms with Gasteiger partial charge in [-0.1, -0.05) is 28.1 Å². The van der Waals surface area contributed by atoms with Gasteiger partial charge in [-0.05, 0) is 31.5 Å². The Morgan fingerprint density at radius 3 is 2.06 bits per heavy atom. The second-order valence-electron chi connectivity index (χ2n) is 3.36. The highest BCUT2D eigenvalue weighted by Gasteiger charge is 2.19. The van der Waals surface area contributed by atoms with E-state index in [0.717, 1.165) is 10.0 Å². The van der Waals surface area contributed by atoms with Crippen molar-refractivity contribution in [1.29, 1.82) is 0 Å². The predicted octanol–water partition coefficient (Wildman–Crippen LogP) is 2.85. The molecule has 0 saturated heterocycles. The second kappa shape index (κ2) is 7.01. The number of benzene rings is 1. The number of hydrogen-bond acceptors (Lipinski definition) is 3. The molecule has 0 fully saturated rings. The molecule has 0 amide bonds. The highest BCUT2D eigenvalue weighted by Crippen LogP contribution is 2.20. The zero-order chi connectivity index (χ0) is 12.0. The molecule has 1 atom stereocenters.